The summed E-state index contributed by atoms with van der Waals surface area (Å²) >= 11 is 3.73. The Kier molecular flexibility index (Phi) is 4.29. The van der Waals surface area contributed by atoms with E-state index in [-0.39, 0.29) is 0 Å². The standard InChI is InChI=1S/C8H16N2S2/c1-6(11-3)4-9-8-10-5-7(2)12-8/h6-7H,4-5H2,1-3H3,(H,9,10). The Labute approximate surface area is 83.0 Å². The highest BCUT2D eigenvalue weighted by molar-refractivity contribution is 8.14. The van der Waals surface area contributed by atoms with Gasteiger partial charge in [0.05, 0.1) is 6.54 Å². The summed E-state index contributed by atoms with van der Waals surface area (Å²) in [6, 6.07) is 0. The van der Waals surface area contributed by atoms with Gasteiger partial charge in [-0.3, -0.25) is 4.99 Å². The van der Waals surface area contributed by atoms with Gasteiger partial charge in [0.1, 0.15) is 0 Å². The summed E-state index contributed by atoms with van der Waals surface area (Å²) in [5.41, 5.74) is 0. The van der Waals surface area contributed by atoms with Crippen molar-refractivity contribution in [3.8, 4) is 0 Å². The van der Waals surface area contributed by atoms with Gasteiger partial charge in [0.2, 0.25) is 0 Å². The van der Waals surface area contributed by atoms with Gasteiger partial charge in [0.15, 0.2) is 5.17 Å². The number of nitrogens with one attached hydrogen (secondary N) is 1. The van der Waals surface area contributed by atoms with Crippen LogP contribution in [0, 0.1) is 0 Å². The molecular weight excluding hydrogens is 188 g/mol. The Morgan fingerprint density at radius 3 is 3.08 bits per heavy atom. The summed E-state index contributed by atoms with van der Waals surface area (Å²) in [7, 11) is 0. The molecule has 0 bridgehead atoms. The van der Waals surface area contributed by atoms with E-state index in [2.05, 4.69) is 30.4 Å². The highest BCUT2D eigenvalue weighted by atomic mass is 32.2. The molecule has 1 aliphatic rings. The molecule has 0 aromatic rings. The molecule has 0 spiro atoms. The van der Waals surface area contributed by atoms with Crippen molar-refractivity contribution in [2.75, 3.05) is 19.3 Å². The number of thioether (sulfide) groups is 2. The first-order valence-electron chi connectivity index (χ1n) is 4.20. The molecule has 0 aromatic carbocycles. The maximum Gasteiger partial charge on any atom is 0.156 e. The van der Waals surface area contributed by atoms with Crippen molar-refractivity contribution in [3.05, 3.63) is 0 Å². The third kappa shape index (κ3) is 3.27. The lowest BCUT2D eigenvalue weighted by Crippen LogP contribution is -2.26. The quantitative estimate of drug-likeness (QED) is 0.759. The zero-order valence-corrected chi connectivity index (χ0v) is 9.47. The number of aliphatic imine (C=N–C) groups is 1. The van der Waals surface area contributed by atoms with E-state index in [9.17, 15) is 0 Å². The lowest BCUT2D eigenvalue weighted by Gasteiger charge is -2.10. The summed E-state index contributed by atoms with van der Waals surface area (Å²) in [6.45, 7) is 6.43. The van der Waals surface area contributed by atoms with Crippen LogP contribution >= 0.6 is 23.5 Å². The third-order valence-corrected chi connectivity index (χ3v) is 3.77. The lowest BCUT2D eigenvalue weighted by molar-refractivity contribution is 0.861. The summed E-state index contributed by atoms with van der Waals surface area (Å²) in [4.78, 5) is 4.38. The van der Waals surface area contributed by atoms with E-state index < -0.39 is 0 Å². The molecule has 0 radical (unpaired) electrons. The molecule has 2 nitrogen and oxygen atoms in total. The number of hydrogen-bond acceptors (Lipinski definition) is 4. The monoisotopic (exact) mass is 204 g/mol. The largest absolute Gasteiger partial charge is 0.364 e. The van der Waals surface area contributed by atoms with Crippen LogP contribution in [0.5, 0.6) is 0 Å². The van der Waals surface area contributed by atoms with Crippen LogP contribution in [-0.4, -0.2) is 35.0 Å². The van der Waals surface area contributed by atoms with E-state index >= 15 is 0 Å². The van der Waals surface area contributed by atoms with E-state index in [1.807, 2.05) is 23.5 Å². The van der Waals surface area contributed by atoms with Gasteiger partial charge in [0, 0.05) is 17.0 Å². The van der Waals surface area contributed by atoms with Gasteiger partial charge < -0.3 is 5.32 Å². The van der Waals surface area contributed by atoms with Gasteiger partial charge in [-0.2, -0.15) is 11.8 Å². The fourth-order valence-electron chi connectivity index (χ4n) is 0.889. The highest BCUT2D eigenvalue weighted by Crippen LogP contribution is 2.18. The fourth-order valence-corrected chi connectivity index (χ4v) is 1.98. The van der Waals surface area contributed by atoms with Crippen molar-refractivity contribution >= 4 is 28.7 Å². The molecule has 2 atom stereocenters. The minimum absolute atomic E-state index is 0.664. The van der Waals surface area contributed by atoms with Crippen LogP contribution in [0.1, 0.15) is 13.8 Å². The third-order valence-electron chi connectivity index (χ3n) is 1.75. The second kappa shape index (κ2) is 5.02. The van der Waals surface area contributed by atoms with Crippen LogP contribution in [0.3, 0.4) is 0 Å². The van der Waals surface area contributed by atoms with E-state index in [1.165, 1.54) is 0 Å². The van der Waals surface area contributed by atoms with Gasteiger partial charge in [-0.05, 0) is 6.26 Å². The first kappa shape index (κ1) is 10.3. The van der Waals surface area contributed by atoms with Gasteiger partial charge in [-0.25, -0.2) is 0 Å². The van der Waals surface area contributed by atoms with Gasteiger partial charge in [-0.1, -0.05) is 25.6 Å². The molecule has 0 saturated heterocycles. The molecule has 0 fully saturated rings. The summed E-state index contributed by atoms with van der Waals surface area (Å²) < 4.78 is 0. The van der Waals surface area contributed by atoms with Crippen molar-refractivity contribution < 1.29 is 0 Å². The van der Waals surface area contributed by atoms with Crippen molar-refractivity contribution in [2.45, 2.75) is 24.3 Å². The van der Waals surface area contributed by atoms with Crippen molar-refractivity contribution in [1.29, 1.82) is 0 Å². The predicted molar refractivity (Wildman–Crippen MR) is 60.3 cm³/mol. The Morgan fingerprint density at radius 1 is 1.83 bits per heavy atom. The molecule has 2 unspecified atom stereocenters. The Bertz CT molecular complexity index is 170. The average molecular weight is 204 g/mol. The molecule has 1 rings (SSSR count). The van der Waals surface area contributed by atoms with Crippen molar-refractivity contribution in [3.63, 3.8) is 0 Å². The smallest absolute Gasteiger partial charge is 0.156 e. The number of rotatable bonds is 3. The highest BCUT2D eigenvalue weighted by Gasteiger charge is 2.14. The van der Waals surface area contributed by atoms with E-state index in [0.717, 1.165) is 18.3 Å². The van der Waals surface area contributed by atoms with Crippen LogP contribution in [0.4, 0.5) is 0 Å². The van der Waals surface area contributed by atoms with Crippen LogP contribution in [0.15, 0.2) is 4.99 Å². The van der Waals surface area contributed by atoms with Gasteiger partial charge in [-0.15, -0.1) is 0 Å². The summed E-state index contributed by atoms with van der Waals surface area (Å²) in [5, 5.41) is 5.82. The molecule has 0 aromatic heterocycles. The number of hydrogen-bond donors (Lipinski definition) is 1. The molecule has 4 heteroatoms. The fraction of sp³-hybridized carbons (Fsp3) is 0.875. The maximum atomic E-state index is 4.38. The summed E-state index contributed by atoms with van der Waals surface area (Å²) in [5.74, 6) is 0. The molecule has 1 N–H and O–H groups in total. The first-order valence-corrected chi connectivity index (χ1v) is 6.37. The molecule has 1 heterocycles. The van der Waals surface area contributed by atoms with Crippen LogP contribution in [0.2, 0.25) is 0 Å². The normalized spacial score (nSPS) is 25.2. The molecule has 0 aliphatic carbocycles. The maximum absolute atomic E-state index is 4.38. The first-order chi connectivity index (χ1) is 5.72. The minimum Gasteiger partial charge on any atom is -0.364 e. The molecular formula is C8H16N2S2. The second-order valence-electron chi connectivity index (χ2n) is 3.00. The van der Waals surface area contributed by atoms with Crippen LogP contribution in [0.25, 0.3) is 0 Å². The number of amidine groups is 1. The minimum atomic E-state index is 0.664. The van der Waals surface area contributed by atoms with Crippen molar-refractivity contribution in [1.82, 2.24) is 5.32 Å². The number of nitrogens with zero attached hydrogens (tertiary/aromatic N) is 1. The van der Waals surface area contributed by atoms with Crippen molar-refractivity contribution in [2.24, 2.45) is 4.99 Å². The average Bonchev–Trinajstić information content (AvgIpc) is 2.47. The Hall–Kier alpha value is 0.170. The zero-order valence-electron chi connectivity index (χ0n) is 7.83. The topological polar surface area (TPSA) is 24.4 Å². The van der Waals surface area contributed by atoms with E-state index in [1.54, 1.807) is 0 Å². The predicted octanol–water partition coefficient (Wildman–Crippen LogP) is 1.82. The van der Waals surface area contributed by atoms with Crippen LogP contribution in [-0.2, 0) is 0 Å². The van der Waals surface area contributed by atoms with Gasteiger partial charge >= 0.3 is 0 Å². The molecule has 0 amide bonds. The summed E-state index contributed by atoms with van der Waals surface area (Å²) in [6.07, 6.45) is 2.14. The Morgan fingerprint density at radius 2 is 2.58 bits per heavy atom. The van der Waals surface area contributed by atoms with E-state index in [4.69, 9.17) is 0 Å². The second-order valence-corrected chi connectivity index (χ2v) is 5.70. The molecule has 70 valence electrons. The van der Waals surface area contributed by atoms with E-state index in [0.29, 0.717) is 10.5 Å². The molecule has 0 saturated carbocycles. The lowest BCUT2D eigenvalue weighted by atomic mass is 10.5. The molecule has 1 aliphatic heterocycles. The Balaban J connectivity index is 2.16. The SMILES string of the molecule is CSC(C)CNC1=NCC(C)S1. The van der Waals surface area contributed by atoms with Gasteiger partial charge in [0.25, 0.3) is 0 Å². The zero-order chi connectivity index (χ0) is 8.97. The molecule has 12 heavy (non-hydrogen) atoms. The van der Waals surface area contributed by atoms with Crippen LogP contribution < -0.4 is 5.32 Å².